The second-order valence-electron chi connectivity index (χ2n) is 4.62. The molecule has 1 fully saturated rings. The molecule has 1 aromatic heterocycles. The highest BCUT2D eigenvalue weighted by atomic mass is 32.3. The number of methoxy groups -OCH3 is 1. The van der Waals surface area contributed by atoms with Gasteiger partial charge in [-0.15, -0.1) is 3.89 Å². The van der Waals surface area contributed by atoms with Crippen molar-refractivity contribution in [3.8, 4) is 0 Å². The zero-order valence-electron chi connectivity index (χ0n) is 11.6. The molecule has 0 bridgehead atoms. The summed E-state index contributed by atoms with van der Waals surface area (Å²) in [4.78, 5) is 37.8. The van der Waals surface area contributed by atoms with Gasteiger partial charge in [-0.1, -0.05) is 0 Å². The first-order valence-corrected chi connectivity index (χ1v) is 7.56. The Balaban J connectivity index is 2.45. The zero-order valence-corrected chi connectivity index (χ0v) is 12.4. The lowest BCUT2D eigenvalue weighted by molar-refractivity contribution is -0.384. The highest BCUT2D eigenvalue weighted by Gasteiger charge is 2.42. The fraction of sp³-hybridized carbons (Fsp3) is 0.364. The van der Waals surface area contributed by atoms with E-state index in [1.54, 1.807) is 0 Å². The number of anilines is 1. The van der Waals surface area contributed by atoms with Crippen LogP contribution < -0.4 is 4.90 Å². The number of hydrogen-bond acceptors (Lipinski definition) is 8. The number of rotatable bonds is 4. The molecule has 0 saturated carbocycles. The van der Waals surface area contributed by atoms with Gasteiger partial charge in [0, 0.05) is 25.2 Å². The van der Waals surface area contributed by atoms with E-state index in [-0.39, 0.29) is 5.56 Å². The van der Waals surface area contributed by atoms with Crippen molar-refractivity contribution < 1.29 is 31.6 Å². The van der Waals surface area contributed by atoms with E-state index in [0.29, 0.717) is 4.90 Å². The van der Waals surface area contributed by atoms with E-state index in [1.165, 1.54) is 0 Å². The van der Waals surface area contributed by atoms with Crippen LogP contribution in [0.4, 0.5) is 15.4 Å². The van der Waals surface area contributed by atoms with Crippen LogP contribution in [0.1, 0.15) is 16.8 Å². The zero-order chi connectivity index (χ0) is 17.4. The average Bonchev–Trinajstić information content (AvgIpc) is 2.87. The lowest BCUT2D eigenvalue weighted by Gasteiger charge is -2.15. The van der Waals surface area contributed by atoms with E-state index in [1.807, 2.05) is 0 Å². The van der Waals surface area contributed by atoms with Gasteiger partial charge in [0.25, 0.3) is 0 Å². The van der Waals surface area contributed by atoms with Gasteiger partial charge < -0.3 is 4.74 Å². The molecule has 12 heteroatoms. The van der Waals surface area contributed by atoms with Crippen molar-refractivity contribution in [2.75, 3.05) is 18.6 Å². The molecule has 0 radical (unpaired) electrons. The summed E-state index contributed by atoms with van der Waals surface area (Å²) >= 11 is 0. The maximum atomic E-state index is 13.0. The Kier molecular flexibility index (Phi) is 4.27. The average molecular weight is 347 g/mol. The third-order valence-corrected chi connectivity index (χ3v) is 4.32. The first-order valence-electron chi connectivity index (χ1n) is 6.11. The highest BCUT2D eigenvalue weighted by molar-refractivity contribution is 7.87. The van der Waals surface area contributed by atoms with Gasteiger partial charge in [0.1, 0.15) is 5.25 Å². The van der Waals surface area contributed by atoms with Gasteiger partial charge in [-0.3, -0.25) is 19.8 Å². The van der Waals surface area contributed by atoms with Crippen molar-refractivity contribution in [2.45, 2.75) is 11.7 Å². The Morgan fingerprint density at radius 1 is 1.57 bits per heavy atom. The van der Waals surface area contributed by atoms with E-state index in [9.17, 15) is 32.0 Å². The Morgan fingerprint density at radius 2 is 2.22 bits per heavy atom. The van der Waals surface area contributed by atoms with E-state index in [2.05, 4.69) is 9.72 Å². The smallest absolute Gasteiger partial charge is 0.339 e. The summed E-state index contributed by atoms with van der Waals surface area (Å²) in [6, 6.07) is 0.846. The summed E-state index contributed by atoms with van der Waals surface area (Å²) in [5, 5.41) is 9.50. The molecule has 0 N–H and O–H groups in total. The summed E-state index contributed by atoms with van der Waals surface area (Å²) in [7, 11) is -3.90. The van der Waals surface area contributed by atoms with Crippen LogP contribution >= 0.6 is 0 Å². The van der Waals surface area contributed by atoms with Crippen molar-refractivity contribution in [3.63, 3.8) is 0 Å². The lowest BCUT2D eigenvalue weighted by atomic mass is 10.2. The van der Waals surface area contributed by atoms with Crippen molar-refractivity contribution in [2.24, 2.45) is 0 Å². The van der Waals surface area contributed by atoms with Gasteiger partial charge in [0.2, 0.25) is 11.7 Å². The number of pyridine rings is 1. The number of carbonyl (C=O) groups excluding carboxylic acids is 2. The molecule has 2 heterocycles. The van der Waals surface area contributed by atoms with Crippen LogP contribution in [0.25, 0.3) is 0 Å². The van der Waals surface area contributed by atoms with Crippen LogP contribution in [0.2, 0.25) is 0 Å². The number of halogens is 1. The minimum absolute atomic E-state index is 0.218. The van der Waals surface area contributed by atoms with Gasteiger partial charge in [0.05, 0.1) is 17.6 Å². The minimum Gasteiger partial charge on any atom is -0.465 e. The monoisotopic (exact) mass is 347 g/mol. The van der Waals surface area contributed by atoms with E-state index < -0.39 is 56.7 Å². The molecule has 1 saturated heterocycles. The Hall–Kier alpha value is -2.63. The second-order valence-corrected chi connectivity index (χ2v) is 6.24. The minimum atomic E-state index is -4.97. The van der Waals surface area contributed by atoms with Crippen molar-refractivity contribution in [3.05, 3.63) is 27.9 Å². The first kappa shape index (κ1) is 16.7. The molecule has 0 spiro atoms. The van der Waals surface area contributed by atoms with Gasteiger partial charge in [0.15, 0.2) is 0 Å². The molecule has 2 rings (SSSR count). The Morgan fingerprint density at radius 3 is 2.70 bits per heavy atom. The number of esters is 1. The fourth-order valence-corrected chi connectivity index (χ4v) is 2.75. The van der Waals surface area contributed by atoms with Gasteiger partial charge in [-0.2, -0.15) is 8.42 Å². The van der Waals surface area contributed by atoms with E-state index in [0.717, 1.165) is 19.4 Å². The number of amides is 1. The van der Waals surface area contributed by atoms with E-state index in [4.69, 9.17) is 0 Å². The maximum absolute atomic E-state index is 13.0. The van der Waals surface area contributed by atoms with E-state index >= 15 is 0 Å². The Labute approximate surface area is 129 Å². The summed E-state index contributed by atoms with van der Waals surface area (Å²) in [5.41, 5.74) is -0.914. The number of nitrogens with zero attached hydrogens (tertiary/aromatic N) is 3. The predicted octanol–water partition coefficient (Wildman–Crippen LogP) is 0.181. The molecule has 23 heavy (non-hydrogen) atoms. The van der Waals surface area contributed by atoms with Gasteiger partial charge >= 0.3 is 21.9 Å². The summed E-state index contributed by atoms with van der Waals surface area (Å²) < 4.78 is 39.2. The Bertz CT molecular complexity index is 795. The largest absolute Gasteiger partial charge is 0.465 e. The third-order valence-electron chi connectivity index (χ3n) is 3.21. The highest BCUT2D eigenvalue weighted by Crippen LogP contribution is 2.32. The summed E-state index contributed by atoms with van der Waals surface area (Å²) in [5.74, 6) is -2.15. The molecule has 1 aliphatic heterocycles. The van der Waals surface area contributed by atoms with Crippen molar-refractivity contribution in [1.29, 1.82) is 0 Å². The molecular weight excluding hydrogens is 337 g/mol. The van der Waals surface area contributed by atoms with Crippen LogP contribution in [0.3, 0.4) is 0 Å². The summed E-state index contributed by atoms with van der Waals surface area (Å²) in [6.45, 7) is -0.594. The van der Waals surface area contributed by atoms with Crippen LogP contribution in [0, 0.1) is 10.1 Å². The van der Waals surface area contributed by atoms with Crippen LogP contribution in [0.15, 0.2) is 12.3 Å². The number of nitro groups is 1. The molecule has 1 unspecified atom stereocenters. The van der Waals surface area contributed by atoms with Gasteiger partial charge in [-0.05, 0) is 0 Å². The molecule has 1 aliphatic rings. The molecular formula is C11H10FN3O7S. The normalized spacial score (nSPS) is 18.1. The molecule has 1 amide bonds. The number of hydrogen-bond donors (Lipinski definition) is 0. The predicted molar refractivity (Wildman–Crippen MR) is 73.0 cm³/mol. The van der Waals surface area contributed by atoms with Crippen LogP contribution in [-0.4, -0.2) is 49.1 Å². The molecule has 0 aliphatic carbocycles. The quantitative estimate of drug-likeness (QED) is 0.325. The third kappa shape index (κ3) is 3.26. The standard InChI is InChI=1S/C11H10FN3O7S/c1-22-11(17)6-2-8(15(18)19)10(13-4-6)14-5-7(3-9(14)16)23(12,20)21/h2,4,7H,3,5H2,1H3. The number of ether oxygens (including phenoxy) is 1. The molecule has 10 nitrogen and oxygen atoms in total. The fourth-order valence-electron chi connectivity index (χ4n) is 2.09. The van der Waals surface area contributed by atoms with Crippen molar-refractivity contribution >= 4 is 33.6 Å². The van der Waals surface area contributed by atoms with Gasteiger partial charge in [-0.25, -0.2) is 9.78 Å². The maximum Gasteiger partial charge on any atom is 0.339 e. The topological polar surface area (TPSA) is 137 Å². The van der Waals surface area contributed by atoms with Crippen molar-refractivity contribution in [1.82, 2.24) is 4.98 Å². The second kappa shape index (κ2) is 5.87. The number of carbonyl (C=O) groups is 2. The SMILES string of the molecule is COC(=O)c1cnc(N2CC(S(=O)(=O)F)CC2=O)c([N+](=O)[O-])c1. The molecule has 1 atom stereocenters. The molecule has 1 aromatic rings. The number of aromatic nitrogens is 1. The molecule has 0 aromatic carbocycles. The molecule has 124 valence electrons. The van der Waals surface area contributed by atoms with Crippen LogP contribution in [0.5, 0.6) is 0 Å². The first-order chi connectivity index (χ1) is 10.6. The lowest BCUT2D eigenvalue weighted by Crippen LogP contribution is -2.28. The van der Waals surface area contributed by atoms with Crippen LogP contribution in [-0.2, 0) is 19.8 Å². The summed E-state index contributed by atoms with van der Waals surface area (Å²) in [6.07, 6.45) is 0.301.